The molecule has 10 nitrogen and oxygen atoms in total. The molecular formula is C18H21N5O5S. The van der Waals surface area contributed by atoms with Crippen LogP contribution < -0.4 is 16.6 Å². The monoisotopic (exact) mass is 419 g/mol. The predicted molar refractivity (Wildman–Crippen MR) is 107 cm³/mol. The van der Waals surface area contributed by atoms with Gasteiger partial charge < -0.3 is 5.32 Å². The van der Waals surface area contributed by atoms with E-state index in [0.29, 0.717) is 16.2 Å². The quantitative estimate of drug-likeness (QED) is 0.647. The van der Waals surface area contributed by atoms with E-state index in [9.17, 15) is 22.8 Å². The van der Waals surface area contributed by atoms with Crippen molar-refractivity contribution >= 4 is 32.7 Å². The van der Waals surface area contributed by atoms with E-state index in [-0.39, 0.29) is 27.8 Å². The lowest BCUT2D eigenvalue weighted by atomic mass is 10.1. The Balaban J connectivity index is 1.98. The normalized spacial score (nSPS) is 11.9. The van der Waals surface area contributed by atoms with Crippen molar-refractivity contribution in [2.45, 2.75) is 25.2 Å². The Morgan fingerprint density at radius 1 is 1.10 bits per heavy atom. The molecule has 3 aromatic rings. The van der Waals surface area contributed by atoms with Crippen molar-refractivity contribution in [1.29, 1.82) is 0 Å². The summed E-state index contributed by atoms with van der Waals surface area (Å²) in [5.41, 5.74) is -0.796. The molecule has 0 atom stereocenters. The third kappa shape index (κ3) is 3.73. The summed E-state index contributed by atoms with van der Waals surface area (Å²) in [4.78, 5) is 36.0. The molecule has 0 saturated heterocycles. The number of carbonyl (C=O) groups excluding carboxylic acids is 1. The number of fused-ring (bicyclic) bond motifs is 1. The molecule has 1 amide bonds. The Labute approximate surface area is 166 Å². The van der Waals surface area contributed by atoms with E-state index < -0.39 is 21.3 Å². The molecule has 11 heteroatoms. The van der Waals surface area contributed by atoms with Crippen LogP contribution in [0.3, 0.4) is 0 Å². The summed E-state index contributed by atoms with van der Waals surface area (Å²) in [6.45, 7) is 3.85. The Bertz CT molecular complexity index is 1310. The highest BCUT2D eigenvalue weighted by Gasteiger charge is 2.22. The van der Waals surface area contributed by atoms with Gasteiger partial charge in [0.2, 0.25) is 5.91 Å². The van der Waals surface area contributed by atoms with Crippen LogP contribution in [0, 0.1) is 5.92 Å². The summed E-state index contributed by atoms with van der Waals surface area (Å²) in [6, 6.07) is 5.62. The van der Waals surface area contributed by atoms with Gasteiger partial charge in [-0.05, 0) is 30.2 Å². The lowest BCUT2D eigenvalue weighted by molar-refractivity contribution is -0.116. The molecule has 29 heavy (non-hydrogen) atoms. The van der Waals surface area contributed by atoms with Crippen LogP contribution in [0.15, 0.2) is 44.9 Å². The number of anilines is 1. The minimum Gasteiger partial charge on any atom is -0.326 e. The van der Waals surface area contributed by atoms with Gasteiger partial charge in [0.1, 0.15) is 5.39 Å². The molecule has 0 aliphatic carbocycles. The summed E-state index contributed by atoms with van der Waals surface area (Å²) in [5.74, 6) is 0.0398. The molecule has 0 radical (unpaired) electrons. The Kier molecular flexibility index (Phi) is 5.18. The number of rotatable bonds is 5. The SMILES string of the molecule is CC(C)CC(=O)Nc1ccc(S(=O)(=O)n2cc3c(=O)n(C)c(=O)n(C)c3n2)cc1. The van der Waals surface area contributed by atoms with Crippen LogP contribution in [0.5, 0.6) is 0 Å². The summed E-state index contributed by atoms with van der Waals surface area (Å²) in [6.07, 6.45) is 1.44. The van der Waals surface area contributed by atoms with Gasteiger partial charge in [-0.15, -0.1) is 5.10 Å². The van der Waals surface area contributed by atoms with Gasteiger partial charge in [0.15, 0.2) is 5.65 Å². The molecule has 0 fully saturated rings. The van der Waals surface area contributed by atoms with E-state index in [1.165, 1.54) is 38.4 Å². The number of aromatic nitrogens is 4. The average Bonchev–Trinajstić information content (AvgIpc) is 3.11. The number of amides is 1. The number of carbonyl (C=O) groups is 1. The Hall–Kier alpha value is -3.21. The first-order chi connectivity index (χ1) is 13.5. The van der Waals surface area contributed by atoms with Crippen molar-refractivity contribution < 1.29 is 13.2 Å². The molecule has 0 aliphatic heterocycles. The predicted octanol–water partition coefficient (Wildman–Crippen LogP) is 0.655. The van der Waals surface area contributed by atoms with Gasteiger partial charge in [0, 0.05) is 26.2 Å². The smallest absolute Gasteiger partial charge is 0.326 e. The number of nitrogens with zero attached hydrogens (tertiary/aromatic N) is 4. The zero-order valence-corrected chi connectivity index (χ0v) is 17.2. The fraction of sp³-hybridized carbons (Fsp3) is 0.333. The van der Waals surface area contributed by atoms with Gasteiger partial charge in [-0.1, -0.05) is 13.8 Å². The number of benzene rings is 1. The maximum atomic E-state index is 12.9. The highest BCUT2D eigenvalue weighted by molar-refractivity contribution is 7.89. The molecule has 3 rings (SSSR count). The third-order valence-electron chi connectivity index (χ3n) is 4.38. The number of hydrogen-bond donors (Lipinski definition) is 1. The van der Waals surface area contributed by atoms with Crippen LogP contribution in [0.2, 0.25) is 0 Å². The van der Waals surface area contributed by atoms with E-state index in [0.717, 1.165) is 15.3 Å². The van der Waals surface area contributed by atoms with Crippen molar-refractivity contribution in [1.82, 2.24) is 18.3 Å². The van der Waals surface area contributed by atoms with E-state index in [1.54, 1.807) is 0 Å². The minimum absolute atomic E-state index is 0.00995. The molecule has 2 heterocycles. The van der Waals surface area contributed by atoms with E-state index in [1.807, 2.05) is 13.8 Å². The van der Waals surface area contributed by atoms with Crippen LogP contribution in [0.1, 0.15) is 20.3 Å². The van der Waals surface area contributed by atoms with Crippen LogP contribution in [0.4, 0.5) is 5.69 Å². The molecular weight excluding hydrogens is 398 g/mol. The third-order valence-corrected chi connectivity index (χ3v) is 5.92. The zero-order chi connectivity index (χ0) is 21.5. The summed E-state index contributed by atoms with van der Waals surface area (Å²) >= 11 is 0. The van der Waals surface area contributed by atoms with Gasteiger partial charge in [-0.2, -0.15) is 12.5 Å². The topological polar surface area (TPSA) is 125 Å². The summed E-state index contributed by atoms with van der Waals surface area (Å²) < 4.78 is 28.4. The van der Waals surface area contributed by atoms with Crippen LogP contribution in [0.25, 0.3) is 11.0 Å². The molecule has 0 bridgehead atoms. The van der Waals surface area contributed by atoms with Crippen LogP contribution >= 0.6 is 0 Å². The summed E-state index contributed by atoms with van der Waals surface area (Å²) in [5, 5.41) is 6.65. The molecule has 1 aromatic carbocycles. The second-order valence-corrected chi connectivity index (χ2v) is 8.92. The maximum Gasteiger partial charge on any atom is 0.332 e. The highest BCUT2D eigenvalue weighted by atomic mass is 32.2. The fourth-order valence-corrected chi connectivity index (χ4v) is 3.98. The van der Waals surface area contributed by atoms with Crippen molar-refractivity contribution in [2.24, 2.45) is 20.0 Å². The first kappa shape index (κ1) is 20.5. The van der Waals surface area contributed by atoms with Gasteiger partial charge in [-0.3, -0.25) is 18.7 Å². The van der Waals surface area contributed by atoms with Crippen molar-refractivity contribution in [3.63, 3.8) is 0 Å². The van der Waals surface area contributed by atoms with Crippen molar-refractivity contribution in [3.05, 3.63) is 51.3 Å². The second-order valence-electron chi connectivity index (χ2n) is 7.12. The molecule has 0 aliphatic rings. The van der Waals surface area contributed by atoms with Crippen molar-refractivity contribution in [2.75, 3.05) is 5.32 Å². The van der Waals surface area contributed by atoms with E-state index in [2.05, 4.69) is 10.4 Å². The van der Waals surface area contributed by atoms with E-state index >= 15 is 0 Å². The van der Waals surface area contributed by atoms with Crippen LogP contribution in [-0.4, -0.2) is 32.6 Å². The number of hydrogen-bond acceptors (Lipinski definition) is 6. The summed E-state index contributed by atoms with van der Waals surface area (Å²) in [7, 11) is -1.38. The number of aryl methyl sites for hydroxylation is 1. The maximum absolute atomic E-state index is 12.9. The molecule has 0 unspecified atom stereocenters. The fourth-order valence-electron chi connectivity index (χ4n) is 2.85. The van der Waals surface area contributed by atoms with Gasteiger partial charge in [0.05, 0.1) is 11.1 Å². The molecule has 1 N–H and O–H groups in total. The van der Waals surface area contributed by atoms with E-state index in [4.69, 9.17) is 0 Å². The van der Waals surface area contributed by atoms with Gasteiger partial charge in [-0.25, -0.2) is 4.79 Å². The second kappa shape index (κ2) is 7.32. The standard InChI is InChI=1S/C18H21N5O5S/c1-11(2)9-15(24)19-12-5-7-13(8-6-12)29(27,28)23-10-14-16(20-23)21(3)18(26)22(4)17(14)25/h5-8,10-11H,9H2,1-4H3,(H,19,24). The van der Waals surface area contributed by atoms with Crippen molar-refractivity contribution in [3.8, 4) is 0 Å². The van der Waals surface area contributed by atoms with Gasteiger partial charge >= 0.3 is 5.69 Å². The minimum atomic E-state index is -4.09. The first-order valence-corrected chi connectivity index (χ1v) is 10.3. The molecule has 0 spiro atoms. The largest absolute Gasteiger partial charge is 0.332 e. The average molecular weight is 419 g/mol. The molecule has 154 valence electrons. The first-order valence-electron chi connectivity index (χ1n) is 8.83. The van der Waals surface area contributed by atoms with Gasteiger partial charge in [0.25, 0.3) is 15.6 Å². The highest BCUT2D eigenvalue weighted by Crippen LogP contribution is 2.18. The lowest BCUT2D eigenvalue weighted by Gasteiger charge is -2.08. The Morgan fingerprint density at radius 2 is 1.72 bits per heavy atom. The Morgan fingerprint density at radius 3 is 2.31 bits per heavy atom. The zero-order valence-electron chi connectivity index (χ0n) is 16.4. The molecule has 2 aromatic heterocycles. The lowest BCUT2D eigenvalue weighted by Crippen LogP contribution is -2.36. The molecule has 0 saturated carbocycles. The number of nitrogens with one attached hydrogen (secondary N) is 1. The van der Waals surface area contributed by atoms with Crippen LogP contribution in [-0.2, 0) is 28.9 Å².